The molecule has 1 aliphatic rings. The molecule has 0 saturated carbocycles. The van der Waals surface area contributed by atoms with Gasteiger partial charge in [0.2, 0.25) is 0 Å². The molecule has 1 heterocycles. The number of nitrogens with one attached hydrogen (secondary N) is 2. The minimum atomic E-state index is -0.0726. The molecular formula is C18H20N2O2. The van der Waals surface area contributed by atoms with E-state index in [2.05, 4.69) is 10.6 Å². The summed E-state index contributed by atoms with van der Waals surface area (Å²) in [4.78, 5) is 12.0. The number of amides is 1. The highest BCUT2D eigenvalue weighted by molar-refractivity contribution is 5.78. The lowest BCUT2D eigenvalue weighted by molar-refractivity contribution is -0.123. The van der Waals surface area contributed by atoms with Crippen LogP contribution in [0.5, 0.6) is 5.75 Å². The van der Waals surface area contributed by atoms with Gasteiger partial charge in [-0.15, -0.1) is 0 Å². The molecule has 1 saturated heterocycles. The minimum absolute atomic E-state index is 0.0420. The molecule has 4 nitrogen and oxygen atoms in total. The molecule has 0 spiro atoms. The number of hydrogen-bond acceptors (Lipinski definition) is 3. The Labute approximate surface area is 130 Å². The number of benzene rings is 2. The van der Waals surface area contributed by atoms with Gasteiger partial charge in [0.05, 0.1) is 0 Å². The molecule has 3 rings (SSSR count). The molecular weight excluding hydrogens is 276 g/mol. The number of ether oxygens (including phenoxy) is 1. The first-order valence-corrected chi connectivity index (χ1v) is 7.60. The highest BCUT2D eigenvalue weighted by atomic mass is 16.5. The van der Waals surface area contributed by atoms with E-state index in [1.54, 1.807) is 0 Å². The van der Waals surface area contributed by atoms with E-state index >= 15 is 0 Å². The number of hydrogen-bond donors (Lipinski definition) is 2. The Morgan fingerprint density at radius 1 is 1.14 bits per heavy atom. The van der Waals surface area contributed by atoms with Crippen LogP contribution in [-0.2, 0) is 4.79 Å². The number of carbonyl (C=O) groups is 1. The highest BCUT2D eigenvalue weighted by Crippen LogP contribution is 2.29. The maximum Gasteiger partial charge on any atom is 0.258 e. The Morgan fingerprint density at radius 3 is 2.68 bits per heavy atom. The van der Waals surface area contributed by atoms with Gasteiger partial charge in [0.15, 0.2) is 6.61 Å². The van der Waals surface area contributed by atoms with Crippen molar-refractivity contribution >= 4 is 5.91 Å². The average Bonchev–Trinajstić information content (AvgIpc) is 3.07. The van der Waals surface area contributed by atoms with Crippen LogP contribution in [0.3, 0.4) is 0 Å². The van der Waals surface area contributed by atoms with Gasteiger partial charge < -0.3 is 15.4 Å². The molecule has 0 bridgehead atoms. The SMILES string of the molecule is O=C(COc1ccccc1-c1ccccc1)NC1CCNC1. The first kappa shape index (κ1) is 14.6. The van der Waals surface area contributed by atoms with Gasteiger partial charge in [0, 0.05) is 18.2 Å². The summed E-state index contributed by atoms with van der Waals surface area (Å²) in [5.41, 5.74) is 2.08. The summed E-state index contributed by atoms with van der Waals surface area (Å²) in [6, 6.07) is 18.0. The standard InChI is InChI=1S/C18H20N2O2/c21-18(20-15-10-11-19-12-15)13-22-17-9-5-4-8-16(17)14-6-2-1-3-7-14/h1-9,15,19H,10-13H2,(H,20,21). The first-order valence-electron chi connectivity index (χ1n) is 7.60. The molecule has 114 valence electrons. The Balaban J connectivity index is 1.64. The Kier molecular flexibility index (Phi) is 4.71. The third kappa shape index (κ3) is 3.65. The number of para-hydroxylation sites is 1. The minimum Gasteiger partial charge on any atom is -0.483 e. The first-order chi connectivity index (χ1) is 10.8. The van der Waals surface area contributed by atoms with E-state index < -0.39 is 0 Å². The van der Waals surface area contributed by atoms with Crippen molar-refractivity contribution in [1.29, 1.82) is 0 Å². The van der Waals surface area contributed by atoms with Crippen molar-refractivity contribution in [1.82, 2.24) is 10.6 Å². The third-order valence-corrected chi connectivity index (χ3v) is 3.76. The molecule has 0 aliphatic carbocycles. The second-order valence-electron chi connectivity index (χ2n) is 5.41. The summed E-state index contributed by atoms with van der Waals surface area (Å²) in [7, 11) is 0. The van der Waals surface area contributed by atoms with Crippen LogP contribution in [-0.4, -0.2) is 31.6 Å². The Morgan fingerprint density at radius 2 is 1.91 bits per heavy atom. The Bertz CT molecular complexity index is 622. The highest BCUT2D eigenvalue weighted by Gasteiger charge is 2.17. The molecule has 4 heteroatoms. The molecule has 1 atom stereocenters. The zero-order chi connectivity index (χ0) is 15.2. The molecule has 2 aromatic rings. The average molecular weight is 296 g/mol. The fraction of sp³-hybridized carbons (Fsp3) is 0.278. The van der Waals surface area contributed by atoms with Gasteiger partial charge in [0.25, 0.3) is 5.91 Å². The summed E-state index contributed by atoms with van der Waals surface area (Å²) < 4.78 is 5.73. The predicted molar refractivity (Wildman–Crippen MR) is 86.8 cm³/mol. The predicted octanol–water partition coefficient (Wildman–Crippen LogP) is 2.21. The molecule has 2 N–H and O–H groups in total. The molecule has 22 heavy (non-hydrogen) atoms. The zero-order valence-electron chi connectivity index (χ0n) is 12.4. The van der Waals surface area contributed by atoms with Crippen LogP contribution in [0, 0.1) is 0 Å². The van der Waals surface area contributed by atoms with E-state index in [4.69, 9.17) is 4.74 Å². The maximum absolute atomic E-state index is 12.0. The molecule has 0 radical (unpaired) electrons. The summed E-state index contributed by atoms with van der Waals surface area (Å²) in [5, 5.41) is 6.21. The van der Waals surface area contributed by atoms with Crippen LogP contribution in [0.1, 0.15) is 6.42 Å². The monoisotopic (exact) mass is 296 g/mol. The van der Waals surface area contributed by atoms with Crippen molar-refractivity contribution in [3.05, 3.63) is 54.6 Å². The lowest BCUT2D eigenvalue weighted by atomic mass is 10.1. The smallest absolute Gasteiger partial charge is 0.258 e. The zero-order valence-corrected chi connectivity index (χ0v) is 12.4. The quantitative estimate of drug-likeness (QED) is 0.889. The van der Waals surface area contributed by atoms with Gasteiger partial charge in [-0.05, 0) is 24.6 Å². The van der Waals surface area contributed by atoms with E-state index in [9.17, 15) is 4.79 Å². The second-order valence-corrected chi connectivity index (χ2v) is 5.41. The van der Waals surface area contributed by atoms with Gasteiger partial charge in [0.1, 0.15) is 5.75 Å². The van der Waals surface area contributed by atoms with Gasteiger partial charge in [-0.25, -0.2) is 0 Å². The third-order valence-electron chi connectivity index (χ3n) is 3.76. The molecule has 0 aromatic heterocycles. The van der Waals surface area contributed by atoms with Crippen LogP contribution >= 0.6 is 0 Å². The van der Waals surface area contributed by atoms with Crippen molar-refractivity contribution in [2.45, 2.75) is 12.5 Å². The Hall–Kier alpha value is -2.33. The van der Waals surface area contributed by atoms with Crippen LogP contribution in [0.25, 0.3) is 11.1 Å². The van der Waals surface area contributed by atoms with Crippen molar-refractivity contribution < 1.29 is 9.53 Å². The molecule has 1 fully saturated rings. The maximum atomic E-state index is 12.0. The van der Waals surface area contributed by atoms with E-state index in [1.807, 2.05) is 54.6 Å². The van der Waals surface area contributed by atoms with Gasteiger partial charge in [-0.1, -0.05) is 48.5 Å². The van der Waals surface area contributed by atoms with Crippen LogP contribution in [0.2, 0.25) is 0 Å². The summed E-state index contributed by atoms with van der Waals surface area (Å²) in [6.45, 7) is 1.84. The van der Waals surface area contributed by atoms with E-state index in [-0.39, 0.29) is 18.6 Å². The molecule has 1 amide bonds. The molecule has 1 aliphatic heterocycles. The van der Waals surface area contributed by atoms with Gasteiger partial charge in [-0.2, -0.15) is 0 Å². The lowest BCUT2D eigenvalue weighted by Gasteiger charge is -2.14. The van der Waals surface area contributed by atoms with Crippen LogP contribution in [0.15, 0.2) is 54.6 Å². The number of rotatable bonds is 5. The summed E-state index contributed by atoms with van der Waals surface area (Å²) in [5.74, 6) is 0.657. The van der Waals surface area contributed by atoms with E-state index in [1.165, 1.54) is 0 Å². The fourth-order valence-corrected chi connectivity index (χ4v) is 2.64. The number of carbonyl (C=O) groups excluding carboxylic acids is 1. The van der Waals surface area contributed by atoms with Crippen LogP contribution < -0.4 is 15.4 Å². The largest absolute Gasteiger partial charge is 0.483 e. The summed E-state index contributed by atoms with van der Waals surface area (Å²) >= 11 is 0. The second kappa shape index (κ2) is 7.09. The van der Waals surface area contributed by atoms with Gasteiger partial charge in [-0.3, -0.25) is 4.79 Å². The fourth-order valence-electron chi connectivity index (χ4n) is 2.64. The molecule has 2 aromatic carbocycles. The van der Waals surface area contributed by atoms with Crippen molar-refractivity contribution in [2.24, 2.45) is 0 Å². The van der Waals surface area contributed by atoms with Gasteiger partial charge >= 0.3 is 0 Å². The topological polar surface area (TPSA) is 50.4 Å². The van der Waals surface area contributed by atoms with Crippen molar-refractivity contribution in [3.63, 3.8) is 0 Å². The van der Waals surface area contributed by atoms with Crippen molar-refractivity contribution in [3.8, 4) is 16.9 Å². The summed E-state index contributed by atoms with van der Waals surface area (Å²) in [6.07, 6.45) is 0.979. The molecule has 1 unspecified atom stereocenters. The van der Waals surface area contributed by atoms with E-state index in [0.29, 0.717) is 0 Å². The van der Waals surface area contributed by atoms with Crippen molar-refractivity contribution in [2.75, 3.05) is 19.7 Å². The van der Waals surface area contributed by atoms with Crippen LogP contribution in [0.4, 0.5) is 0 Å². The van der Waals surface area contributed by atoms with E-state index in [0.717, 1.165) is 36.4 Å². The lowest BCUT2D eigenvalue weighted by Crippen LogP contribution is -2.39. The normalized spacial score (nSPS) is 17.2.